The molecule has 0 radical (unpaired) electrons. The van der Waals surface area contributed by atoms with Crippen LogP contribution in [0, 0.1) is 11.6 Å². The van der Waals surface area contributed by atoms with Crippen LogP contribution in [-0.2, 0) is 0 Å². The summed E-state index contributed by atoms with van der Waals surface area (Å²) >= 11 is 0. The van der Waals surface area contributed by atoms with Crippen molar-refractivity contribution in [3.8, 4) is 44.8 Å². The van der Waals surface area contributed by atoms with Gasteiger partial charge in [-0.2, -0.15) is 0 Å². The lowest BCUT2D eigenvalue weighted by molar-refractivity contribution is 0.627. The average Bonchev–Trinajstić information content (AvgIpc) is 1.41. The molecule has 0 aliphatic carbocycles. The van der Waals surface area contributed by atoms with Crippen molar-refractivity contribution in [2.45, 2.75) is 0 Å². The van der Waals surface area contributed by atoms with Crippen LogP contribution in [0.15, 0.2) is 315 Å². The minimum atomic E-state index is -0.267. The summed E-state index contributed by atoms with van der Waals surface area (Å²) in [5.41, 5.74) is 18.9. The third kappa shape index (κ3) is 8.57. The smallest absolute Gasteiger partial charge is 0.123 e. The highest BCUT2D eigenvalue weighted by Gasteiger charge is 2.25. The van der Waals surface area contributed by atoms with Crippen molar-refractivity contribution < 1.29 is 8.78 Å². The number of para-hydroxylation sites is 2. The predicted octanol–water partition coefficient (Wildman–Crippen LogP) is 22.4. The number of anilines is 6. The van der Waals surface area contributed by atoms with Gasteiger partial charge in [-0.05, 0) is 178 Å². The highest BCUT2D eigenvalue weighted by molar-refractivity contribution is 6.23. The van der Waals surface area contributed by atoms with Gasteiger partial charge < -0.3 is 18.9 Å². The molecule has 0 spiro atoms. The minimum absolute atomic E-state index is 0.265. The Morgan fingerprint density at radius 1 is 0.221 bits per heavy atom. The molecule has 16 rings (SSSR count). The van der Waals surface area contributed by atoms with Crippen molar-refractivity contribution in [3.63, 3.8) is 0 Å². The van der Waals surface area contributed by atoms with Gasteiger partial charge in [0.25, 0.3) is 0 Å². The van der Waals surface area contributed by atoms with E-state index in [0.29, 0.717) is 0 Å². The average molecular weight is 1110 g/mol. The fraction of sp³-hybridized carbons (Fsp3) is 0. The van der Waals surface area contributed by atoms with Gasteiger partial charge in [-0.25, -0.2) is 8.78 Å². The highest BCUT2D eigenvalue weighted by Crippen LogP contribution is 2.50. The van der Waals surface area contributed by atoms with E-state index in [9.17, 15) is 8.78 Å². The Morgan fingerprint density at radius 3 is 1.06 bits per heavy atom. The van der Waals surface area contributed by atoms with Gasteiger partial charge in [0.2, 0.25) is 0 Å². The first-order chi connectivity index (χ1) is 42.5. The zero-order chi connectivity index (χ0) is 57.2. The second kappa shape index (κ2) is 20.8. The molecule has 14 aromatic carbocycles. The number of hydrogen-bond acceptors (Lipinski definition) is 2. The zero-order valence-corrected chi connectivity index (χ0v) is 46.6. The van der Waals surface area contributed by atoms with E-state index in [1.165, 1.54) is 24.3 Å². The largest absolute Gasteiger partial charge is 0.310 e. The number of fused-ring (bicyclic) bond motifs is 8. The van der Waals surface area contributed by atoms with Crippen molar-refractivity contribution in [1.82, 2.24) is 9.13 Å². The van der Waals surface area contributed by atoms with E-state index in [-0.39, 0.29) is 11.6 Å². The van der Waals surface area contributed by atoms with Crippen LogP contribution < -0.4 is 9.80 Å². The molecule has 0 atom stereocenters. The number of aromatic nitrogens is 2. The molecule has 0 fully saturated rings. The molecule has 0 bridgehead atoms. The molecule has 0 unspecified atom stereocenters. The first kappa shape index (κ1) is 50.4. The molecule has 86 heavy (non-hydrogen) atoms. The maximum Gasteiger partial charge on any atom is 0.123 e. The Morgan fingerprint density at radius 2 is 0.581 bits per heavy atom. The summed E-state index contributed by atoms with van der Waals surface area (Å²) in [6.45, 7) is 0. The van der Waals surface area contributed by atoms with Gasteiger partial charge in [0.05, 0.1) is 27.8 Å². The van der Waals surface area contributed by atoms with Gasteiger partial charge in [-0.15, -0.1) is 0 Å². The van der Waals surface area contributed by atoms with Crippen LogP contribution in [0.1, 0.15) is 0 Å². The van der Waals surface area contributed by atoms with E-state index < -0.39 is 0 Å². The van der Waals surface area contributed by atoms with Crippen LogP contribution in [0.5, 0.6) is 0 Å². The molecule has 0 saturated heterocycles. The van der Waals surface area contributed by atoms with Gasteiger partial charge in [0.1, 0.15) is 11.6 Å². The number of rotatable bonds is 11. The van der Waals surface area contributed by atoms with E-state index in [0.717, 1.165) is 144 Å². The molecule has 406 valence electrons. The van der Waals surface area contributed by atoms with Gasteiger partial charge in [-0.3, -0.25) is 0 Å². The summed E-state index contributed by atoms with van der Waals surface area (Å²) in [6, 6.07) is 109. The predicted molar refractivity (Wildman–Crippen MR) is 356 cm³/mol. The van der Waals surface area contributed by atoms with Crippen LogP contribution in [0.2, 0.25) is 0 Å². The SMILES string of the molecule is Fc1ccc(-n2c3ccccc3c3cc(N(c4ccc(-c5c6ccccc6c(N(c6cccc(-c7ccccc7)c6)c6ccc7c(c6)c6ccccc6n7-c6ccc(F)cc6)c6ccccc56)cc4)c4cccc(-c5ccccc5)c4)ccc32)cc1. The van der Waals surface area contributed by atoms with Crippen LogP contribution >= 0.6 is 0 Å². The Balaban J connectivity index is 0.880. The van der Waals surface area contributed by atoms with Gasteiger partial charge in [0, 0.05) is 72.1 Å². The van der Waals surface area contributed by atoms with E-state index >= 15 is 0 Å². The van der Waals surface area contributed by atoms with E-state index in [2.05, 4.69) is 286 Å². The maximum absolute atomic E-state index is 14.4. The lowest BCUT2D eigenvalue weighted by Crippen LogP contribution is -2.12. The van der Waals surface area contributed by atoms with Gasteiger partial charge in [0.15, 0.2) is 0 Å². The standard InChI is InChI=1S/C80H52F2N4/c81-58-35-41-61(42-36-58)85-75-31-13-11-25-67(75)73-51-65(45-47-77(73)85)83(63-23-15-21-56(49-63)53-17-3-1-4-18-53)60-39-33-55(34-40-60)79-69-27-7-9-29-71(69)80(72-30-10-8-28-70(72)79)84(64-24-16-22-57(50-64)54-19-5-2-6-20-54)66-46-48-78-74(52-66)68-26-12-14-32-76(68)86(78)62-43-37-59(82)38-44-62/h1-52H. The van der Waals surface area contributed by atoms with E-state index in [1.807, 2.05) is 24.3 Å². The molecule has 2 aromatic heterocycles. The molecule has 0 aliphatic heterocycles. The second-order valence-electron chi connectivity index (χ2n) is 21.9. The Hall–Kier alpha value is -11.3. The Bertz CT molecular complexity index is 5190. The highest BCUT2D eigenvalue weighted by atomic mass is 19.1. The fourth-order valence-electron chi connectivity index (χ4n) is 13.1. The third-order valence-electron chi connectivity index (χ3n) is 17.0. The molecule has 0 amide bonds. The number of halogens is 2. The molecular weight excluding hydrogens is 1050 g/mol. The second-order valence-corrected chi connectivity index (χ2v) is 21.9. The number of nitrogens with zero attached hydrogens (tertiary/aromatic N) is 4. The summed E-state index contributed by atoms with van der Waals surface area (Å²) in [4.78, 5) is 4.80. The lowest BCUT2D eigenvalue weighted by atomic mass is 9.89. The number of hydrogen-bond donors (Lipinski definition) is 0. The van der Waals surface area contributed by atoms with Crippen LogP contribution in [0.4, 0.5) is 42.9 Å². The number of benzene rings is 14. The summed E-state index contributed by atoms with van der Waals surface area (Å²) in [5.74, 6) is -0.532. The van der Waals surface area contributed by atoms with Crippen molar-refractivity contribution in [2.75, 3.05) is 9.80 Å². The first-order valence-corrected chi connectivity index (χ1v) is 29.0. The molecule has 16 aromatic rings. The Kier molecular flexibility index (Phi) is 12.2. The molecule has 0 saturated carbocycles. The van der Waals surface area contributed by atoms with Crippen molar-refractivity contribution in [1.29, 1.82) is 0 Å². The summed E-state index contributed by atoms with van der Waals surface area (Å²) in [7, 11) is 0. The van der Waals surface area contributed by atoms with E-state index in [1.54, 1.807) is 0 Å². The van der Waals surface area contributed by atoms with Crippen LogP contribution in [0.3, 0.4) is 0 Å². The van der Waals surface area contributed by atoms with Crippen LogP contribution in [0.25, 0.3) is 110 Å². The van der Waals surface area contributed by atoms with Gasteiger partial charge in [-0.1, -0.05) is 182 Å². The van der Waals surface area contributed by atoms with Gasteiger partial charge >= 0.3 is 0 Å². The fourth-order valence-corrected chi connectivity index (χ4v) is 13.1. The van der Waals surface area contributed by atoms with E-state index in [4.69, 9.17) is 0 Å². The monoisotopic (exact) mass is 1110 g/mol. The first-order valence-electron chi connectivity index (χ1n) is 29.0. The molecular formula is C80H52F2N4. The maximum atomic E-state index is 14.4. The molecule has 0 N–H and O–H groups in total. The zero-order valence-electron chi connectivity index (χ0n) is 46.6. The van der Waals surface area contributed by atoms with Crippen molar-refractivity contribution in [2.24, 2.45) is 0 Å². The van der Waals surface area contributed by atoms with Crippen molar-refractivity contribution >= 4 is 99.3 Å². The third-order valence-corrected chi connectivity index (χ3v) is 17.0. The minimum Gasteiger partial charge on any atom is -0.310 e. The lowest BCUT2D eigenvalue weighted by Gasteiger charge is -2.30. The Labute approximate surface area is 496 Å². The summed E-state index contributed by atoms with van der Waals surface area (Å²) < 4.78 is 33.2. The summed E-state index contributed by atoms with van der Waals surface area (Å²) in [6.07, 6.45) is 0. The molecule has 2 heterocycles. The molecule has 4 nitrogen and oxygen atoms in total. The molecule has 0 aliphatic rings. The molecule has 6 heteroatoms. The summed E-state index contributed by atoms with van der Waals surface area (Å²) in [5, 5.41) is 8.88. The quantitative estimate of drug-likeness (QED) is 0.120. The van der Waals surface area contributed by atoms with Crippen LogP contribution in [-0.4, -0.2) is 9.13 Å². The van der Waals surface area contributed by atoms with Crippen molar-refractivity contribution in [3.05, 3.63) is 327 Å². The normalized spacial score (nSPS) is 11.6. The topological polar surface area (TPSA) is 16.3 Å².